The summed E-state index contributed by atoms with van der Waals surface area (Å²) in [5.41, 5.74) is 4.30. The maximum atomic E-state index is 12.3. The Morgan fingerprint density at radius 3 is 2.34 bits per heavy atom. The topological polar surface area (TPSA) is 89.0 Å². The molecule has 1 heterocycles. The zero-order valence-electron chi connectivity index (χ0n) is 17.8. The van der Waals surface area contributed by atoms with Gasteiger partial charge < -0.3 is 10.3 Å². The number of benzene rings is 1. The molecule has 0 fully saturated rings. The van der Waals surface area contributed by atoms with Crippen LogP contribution in [0.25, 0.3) is 0 Å². The molecule has 0 saturated carbocycles. The molecule has 1 aromatic heterocycles. The molecular formula is C23H30N4O2. The van der Waals surface area contributed by atoms with E-state index in [-0.39, 0.29) is 17.0 Å². The maximum Gasteiger partial charge on any atom is 0.266 e. The second-order valence-electron chi connectivity index (χ2n) is 7.22. The maximum absolute atomic E-state index is 12.3. The van der Waals surface area contributed by atoms with E-state index in [1.165, 1.54) is 5.56 Å². The van der Waals surface area contributed by atoms with Crippen molar-refractivity contribution in [1.29, 1.82) is 5.26 Å². The Labute approximate surface area is 172 Å². The lowest BCUT2D eigenvalue weighted by Gasteiger charge is -2.18. The number of carbonyl (C=O) groups is 1. The molecule has 1 amide bonds. The lowest BCUT2D eigenvalue weighted by atomic mass is 9.99. The molecule has 0 aliphatic carbocycles. The normalized spacial score (nSPS) is 10.8. The van der Waals surface area contributed by atoms with Crippen LogP contribution in [-0.2, 0) is 24.3 Å². The Balaban J connectivity index is 1.90. The van der Waals surface area contributed by atoms with Gasteiger partial charge in [-0.3, -0.25) is 14.5 Å². The number of nitrogens with one attached hydrogen (secondary N) is 2. The van der Waals surface area contributed by atoms with Gasteiger partial charge in [-0.15, -0.1) is 0 Å². The predicted molar refractivity (Wildman–Crippen MR) is 114 cm³/mol. The van der Waals surface area contributed by atoms with Crippen molar-refractivity contribution in [2.75, 3.05) is 13.1 Å². The van der Waals surface area contributed by atoms with Crippen LogP contribution in [0.2, 0.25) is 0 Å². The number of nitriles is 1. The van der Waals surface area contributed by atoms with Gasteiger partial charge in [-0.1, -0.05) is 38.1 Å². The summed E-state index contributed by atoms with van der Waals surface area (Å²) < 4.78 is 0. The van der Waals surface area contributed by atoms with Crippen LogP contribution < -0.4 is 10.9 Å². The van der Waals surface area contributed by atoms with Crippen molar-refractivity contribution in [3.8, 4) is 6.07 Å². The number of nitrogens with zero attached hydrogens (tertiary/aromatic N) is 2. The van der Waals surface area contributed by atoms with Crippen molar-refractivity contribution in [2.45, 2.75) is 53.6 Å². The van der Waals surface area contributed by atoms with Crippen LogP contribution in [0.15, 0.2) is 29.1 Å². The Bertz CT molecular complexity index is 935. The van der Waals surface area contributed by atoms with Crippen molar-refractivity contribution in [1.82, 2.24) is 15.2 Å². The summed E-state index contributed by atoms with van der Waals surface area (Å²) in [5.74, 6) is -0.0549. The molecule has 0 saturated heterocycles. The van der Waals surface area contributed by atoms with Crippen LogP contribution >= 0.6 is 0 Å². The van der Waals surface area contributed by atoms with E-state index in [2.05, 4.69) is 53.3 Å². The highest BCUT2D eigenvalue weighted by Crippen LogP contribution is 2.15. The third-order valence-electron chi connectivity index (χ3n) is 5.34. The van der Waals surface area contributed by atoms with Crippen LogP contribution in [0.5, 0.6) is 0 Å². The van der Waals surface area contributed by atoms with Gasteiger partial charge in [0.05, 0.1) is 0 Å². The number of H-pyrrole nitrogens is 1. The van der Waals surface area contributed by atoms with Crippen LogP contribution in [0.4, 0.5) is 0 Å². The number of pyridine rings is 1. The van der Waals surface area contributed by atoms with E-state index in [0.717, 1.165) is 30.8 Å². The van der Waals surface area contributed by atoms with Gasteiger partial charge in [0, 0.05) is 25.2 Å². The number of hydrogen-bond donors (Lipinski definition) is 2. The molecule has 2 rings (SSSR count). The lowest BCUT2D eigenvalue weighted by molar-refractivity contribution is -0.121. The number of aromatic nitrogens is 1. The average molecular weight is 395 g/mol. The zero-order chi connectivity index (χ0) is 21.4. The lowest BCUT2D eigenvalue weighted by Crippen LogP contribution is -2.24. The van der Waals surface area contributed by atoms with E-state index in [0.29, 0.717) is 30.6 Å². The molecule has 0 aliphatic heterocycles. The van der Waals surface area contributed by atoms with Gasteiger partial charge in [-0.05, 0) is 55.6 Å². The van der Waals surface area contributed by atoms with Crippen molar-refractivity contribution in [2.24, 2.45) is 0 Å². The Kier molecular flexibility index (Phi) is 8.17. The molecule has 2 N–H and O–H groups in total. The van der Waals surface area contributed by atoms with Crippen LogP contribution in [0, 0.1) is 25.2 Å². The van der Waals surface area contributed by atoms with E-state index < -0.39 is 0 Å². The highest BCUT2D eigenvalue weighted by Gasteiger charge is 2.13. The molecule has 0 unspecified atom stereocenters. The smallest absolute Gasteiger partial charge is 0.266 e. The number of rotatable bonds is 9. The van der Waals surface area contributed by atoms with Crippen LogP contribution in [0.1, 0.15) is 53.8 Å². The van der Waals surface area contributed by atoms with Crippen molar-refractivity contribution in [3.63, 3.8) is 0 Å². The standard InChI is InChI=1S/C23H30N4O2/c1-5-27(6-2)15-19-9-7-18(8-10-19)14-25-22(28)12-11-20-16(3)21(13-24)23(29)26-17(20)4/h7-10H,5-6,11-12,14-15H2,1-4H3,(H,25,28)(H,26,29). The number of amides is 1. The first-order valence-corrected chi connectivity index (χ1v) is 10.1. The Hall–Kier alpha value is -2.91. The van der Waals surface area contributed by atoms with Gasteiger partial charge in [0.2, 0.25) is 5.91 Å². The molecule has 0 spiro atoms. The summed E-state index contributed by atoms with van der Waals surface area (Å²) in [6, 6.07) is 10.3. The number of aromatic amines is 1. The summed E-state index contributed by atoms with van der Waals surface area (Å²) in [6.45, 7) is 11.3. The molecule has 2 aromatic rings. The molecule has 1 aromatic carbocycles. The molecule has 0 aliphatic rings. The average Bonchev–Trinajstić information content (AvgIpc) is 2.71. The Morgan fingerprint density at radius 2 is 1.76 bits per heavy atom. The monoisotopic (exact) mass is 394 g/mol. The van der Waals surface area contributed by atoms with Gasteiger partial charge in [0.15, 0.2) is 0 Å². The number of carbonyl (C=O) groups excluding carboxylic acids is 1. The first-order valence-electron chi connectivity index (χ1n) is 10.1. The SMILES string of the molecule is CCN(CC)Cc1ccc(CNC(=O)CCc2c(C)[nH]c(=O)c(C#N)c2C)cc1. The minimum atomic E-state index is -0.375. The van der Waals surface area contributed by atoms with Crippen molar-refractivity contribution < 1.29 is 4.79 Å². The molecule has 6 nitrogen and oxygen atoms in total. The zero-order valence-corrected chi connectivity index (χ0v) is 17.8. The van der Waals surface area contributed by atoms with Gasteiger partial charge in [0.25, 0.3) is 5.56 Å². The van der Waals surface area contributed by atoms with Gasteiger partial charge in [0.1, 0.15) is 11.6 Å². The first-order chi connectivity index (χ1) is 13.9. The second-order valence-corrected chi connectivity index (χ2v) is 7.22. The quantitative estimate of drug-likeness (QED) is 0.684. The Morgan fingerprint density at radius 1 is 1.14 bits per heavy atom. The fourth-order valence-electron chi connectivity index (χ4n) is 3.42. The molecule has 154 valence electrons. The fraction of sp³-hybridized carbons (Fsp3) is 0.435. The third kappa shape index (κ3) is 6.03. The van der Waals surface area contributed by atoms with E-state index in [1.807, 2.05) is 6.07 Å². The van der Waals surface area contributed by atoms with Crippen molar-refractivity contribution in [3.05, 3.63) is 68.1 Å². The number of aryl methyl sites for hydroxylation is 1. The summed E-state index contributed by atoms with van der Waals surface area (Å²) >= 11 is 0. The summed E-state index contributed by atoms with van der Waals surface area (Å²) in [7, 11) is 0. The molecule has 6 heteroatoms. The summed E-state index contributed by atoms with van der Waals surface area (Å²) in [5, 5.41) is 12.1. The number of hydrogen-bond acceptors (Lipinski definition) is 4. The summed E-state index contributed by atoms with van der Waals surface area (Å²) in [4.78, 5) is 29.1. The molecule has 29 heavy (non-hydrogen) atoms. The van der Waals surface area contributed by atoms with Gasteiger partial charge in [-0.25, -0.2) is 0 Å². The van der Waals surface area contributed by atoms with E-state index in [9.17, 15) is 9.59 Å². The molecule has 0 radical (unpaired) electrons. The predicted octanol–water partition coefficient (Wildman–Crippen LogP) is 2.95. The largest absolute Gasteiger partial charge is 0.352 e. The van der Waals surface area contributed by atoms with Crippen LogP contribution in [-0.4, -0.2) is 28.9 Å². The van der Waals surface area contributed by atoms with Crippen LogP contribution in [0.3, 0.4) is 0 Å². The fourth-order valence-corrected chi connectivity index (χ4v) is 3.42. The second kappa shape index (κ2) is 10.6. The highest BCUT2D eigenvalue weighted by molar-refractivity contribution is 5.76. The molecular weight excluding hydrogens is 364 g/mol. The van der Waals surface area contributed by atoms with E-state index >= 15 is 0 Å². The molecule has 0 bridgehead atoms. The van der Waals surface area contributed by atoms with Crippen molar-refractivity contribution >= 4 is 5.91 Å². The minimum absolute atomic E-state index is 0.0549. The van der Waals surface area contributed by atoms with Gasteiger partial charge in [-0.2, -0.15) is 5.26 Å². The minimum Gasteiger partial charge on any atom is -0.352 e. The van der Waals surface area contributed by atoms with Gasteiger partial charge >= 0.3 is 0 Å². The third-order valence-corrected chi connectivity index (χ3v) is 5.34. The van der Waals surface area contributed by atoms with E-state index in [4.69, 9.17) is 5.26 Å². The highest BCUT2D eigenvalue weighted by atomic mass is 16.1. The molecule has 0 atom stereocenters. The first kappa shape index (κ1) is 22.4. The summed E-state index contributed by atoms with van der Waals surface area (Å²) in [6.07, 6.45) is 0.788. The van der Waals surface area contributed by atoms with E-state index in [1.54, 1.807) is 13.8 Å².